The van der Waals surface area contributed by atoms with Gasteiger partial charge in [-0.15, -0.1) is 0 Å². The Bertz CT molecular complexity index is 472. The Morgan fingerprint density at radius 1 is 1.32 bits per heavy atom. The molecule has 0 aromatic carbocycles. The SMILES string of the molecule is NC(=O)CN(CC(=O)O)C(=O)NC1CCS(=O)(=O)C1. The molecule has 1 aliphatic rings. The van der Waals surface area contributed by atoms with E-state index in [9.17, 15) is 22.8 Å². The molecular formula is C9H15N3O6S. The number of hydrogen-bond donors (Lipinski definition) is 3. The van der Waals surface area contributed by atoms with E-state index in [-0.39, 0.29) is 17.9 Å². The molecule has 0 saturated carbocycles. The van der Waals surface area contributed by atoms with E-state index in [1.54, 1.807) is 0 Å². The second kappa shape index (κ2) is 5.87. The molecule has 1 fully saturated rings. The zero-order valence-corrected chi connectivity index (χ0v) is 10.9. The molecule has 0 radical (unpaired) electrons. The Labute approximate surface area is 109 Å². The van der Waals surface area contributed by atoms with Gasteiger partial charge in [-0.05, 0) is 6.42 Å². The van der Waals surface area contributed by atoms with Crippen LogP contribution in [0.2, 0.25) is 0 Å². The Morgan fingerprint density at radius 3 is 2.37 bits per heavy atom. The summed E-state index contributed by atoms with van der Waals surface area (Å²) in [6, 6.07) is -1.38. The van der Waals surface area contributed by atoms with Crippen LogP contribution in [0.15, 0.2) is 0 Å². The first kappa shape index (κ1) is 15.2. The lowest BCUT2D eigenvalue weighted by Crippen LogP contribution is -2.49. The second-order valence-electron chi connectivity index (χ2n) is 4.27. The monoisotopic (exact) mass is 293 g/mol. The summed E-state index contributed by atoms with van der Waals surface area (Å²) in [5.41, 5.74) is 4.91. The summed E-state index contributed by atoms with van der Waals surface area (Å²) in [6.45, 7) is -1.23. The van der Waals surface area contributed by atoms with Crippen molar-refractivity contribution in [2.45, 2.75) is 12.5 Å². The minimum Gasteiger partial charge on any atom is -0.480 e. The van der Waals surface area contributed by atoms with Gasteiger partial charge in [-0.25, -0.2) is 13.2 Å². The number of aliphatic carboxylic acids is 1. The van der Waals surface area contributed by atoms with E-state index in [4.69, 9.17) is 10.8 Å². The van der Waals surface area contributed by atoms with Crippen molar-refractivity contribution in [1.82, 2.24) is 10.2 Å². The van der Waals surface area contributed by atoms with Gasteiger partial charge in [0.05, 0.1) is 11.5 Å². The fourth-order valence-electron chi connectivity index (χ4n) is 1.73. The highest BCUT2D eigenvalue weighted by molar-refractivity contribution is 7.91. The van der Waals surface area contributed by atoms with Crippen LogP contribution in [0.25, 0.3) is 0 Å². The highest BCUT2D eigenvalue weighted by Gasteiger charge is 2.30. The predicted octanol–water partition coefficient (Wildman–Crippen LogP) is -2.24. The van der Waals surface area contributed by atoms with Crippen LogP contribution in [0.1, 0.15) is 6.42 Å². The summed E-state index contributed by atoms with van der Waals surface area (Å²) in [5.74, 6) is -2.35. The van der Waals surface area contributed by atoms with Crippen LogP contribution in [-0.2, 0) is 19.4 Å². The molecule has 1 unspecified atom stereocenters. The van der Waals surface area contributed by atoms with Crippen LogP contribution in [0.4, 0.5) is 4.79 Å². The van der Waals surface area contributed by atoms with Gasteiger partial charge in [-0.3, -0.25) is 9.59 Å². The minimum absolute atomic E-state index is 0.0211. The summed E-state index contributed by atoms with van der Waals surface area (Å²) < 4.78 is 22.4. The number of nitrogens with two attached hydrogens (primary N) is 1. The van der Waals surface area contributed by atoms with Gasteiger partial charge in [0.1, 0.15) is 13.1 Å². The molecule has 0 aromatic rings. The molecule has 0 aliphatic carbocycles. The van der Waals surface area contributed by atoms with Crippen molar-refractivity contribution in [3.8, 4) is 0 Å². The van der Waals surface area contributed by atoms with Crippen molar-refractivity contribution in [2.75, 3.05) is 24.6 Å². The van der Waals surface area contributed by atoms with Gasteiger partial charge in [-0.1, -0.05) is 0 Å². The molecule has 4 N–H and O–H groups in total. The summed E-state index contributed by atoms with van der Waals surface area (Å²) in [6.07, 6.45) is 0.269. The molecule has 10 heteroatoms. The van der Waals surface area contributed by atoms with Gasteiger partial charge in [0, 0.05) is 6.04 Å². The molecule has 1 atom stereocenters. The van der Waals surface area contributed by atoms with Crippen molar-refractivity contribution < 1.29 is 27.9 Å². The highest BCUT2D eigenvalue weighted by Crippen LogP contribution is 2.11. The molecule has 108 valence electrons. The first-order valence-corrected chi connectivity index (χ1v) is 7.28. The van der Waals surface area contributed by atoms with Crippen LogP contribution < -0.4 is 11.1 Å². The molecule has 9 nitrogen and oxygen atoms in total. The summed E-state index contributed by atoms with van der Waals surface area (Å²) in [7, 11) is -3.15. The maximum atomic E-state index is 11.7. The molecule has 0 aromatic heterocycles. The number of amides is 3. The van der Waals surface area contributed by atoms with Crippen LogP contribution in [0.5, 0.6) is 0 Å². The molecule has 19 heavy (non-hydrogen) atoms. The lowest BCUT2D eigenvalue weighted by Gasteiger charge is -2.21. The summed E-state index contributed by atoms with van der Waals surface area (Å²) >= 11 is 0. The van der Waals surface area contributed by atoms with Gasteiger partial charge in [0.25, 0.3) is 0 Å². The van der Waals surface area contributed by atoms with Crippen molar-refractivity contribution >= 4 is 27.7 Å². The number of nitrogens with zero attached hydrogens (tertiary/aromatic N) is 1. The van der Waals surface area contributed by atoms with Crippen LogP contribution >= 0.6 is 0 Å². The van der Waals surface area contributed by atoms with Crippen LogP contribution in [0, 0.1) is 0 Å². The maximum Gasteiger partial charge on any atom is 0.323 e. The number of nitrogens with one attached hydrogen (secondary N) is 1. The number of primary amides is 1. The number of urea groups is 1. The van der Waals surface area contributed by atoms with Gasteiger partial charge in [0.2, 0.25) is 5.91 Å². The number of carbonyl (C=O) groups excluding carboxylic acids is 2. The van der Waals surface area contributed by atoms with Gasteiger partial charge >= 0.3 is 12.0 Å². The molecule has 0 bridgehead atoms. The Hall–Kier alpha value is -1.84. The Kier molecular flexibility index (Phi) is 4.70. The van der Waals surface area contributed by atoms with E-state index >= 15 is 0 Å². The van der Waals surface area contributed by atoms with Crippen LogP contribution in [0.3, 0.4) is 0 Å². The standard InChI is InChI=1S/C9H15N3O6S/c10-7(13)3-12(4-8(14)15)9(16)11-6-1-2-19(17,18)5-6/h6H,1-5H2,(H2,10,13)(H,11,16)(H,14,15). The quantitative estimate of drug-likeness (QED) is 0.522. The van der Waals surface area contributed by atoms with E-state index < -0.39 is 46.9 Å². The first-order valence-electron chi connectivity index (χ1n) is 5.45. The predicted molar refractivity (Wildman–Crippen MR) is 64.0 cm³/mol. The molecule has 1 heterocycles. The second-order valence-corrected chi connectivity index (χ2v) is 6.49. The fraction of sp³-hybridized carbons (Fsp3) is 0.667. The molecule has 1 aliphatic heterocycles. The highest BCUT2D eigenvalue weighted by atomic mass is 32.2. The van der Waals surface area contributed by atoms with Crippen molar-refractivity contribution in [3.63, 3.8) is 0 Å². The average Bonchev–Trinajstić information content (AvgIpc) is 2.55. The zero-order valence-electron chi connectivity index (χ0n) is 10.0. The van der Waals surface area contributed by atoms with Crippen molar-refractivity contribution in [1.29, 1.82) is 0 Å². The third kappa shape index (κ3) is 5.12. The minimum atomic E-state index is -3.15. The summed E-state index contributed by atoms with van der Waals surface area (Å²) in [5, 5.41) is 11.0. The number of carbonyl (C=O) groups is 3. The lowest BCUT2D eigenvalue weighted by atomic mass is 10.3. The lowest BCUT2D eigenvalue weighted by molar-refractivity contribution is -0.137. The fourth-order valence-corrected chi connectivity index (χ4v) is 3.40. The van der Waals surface area contributed by atoms with Gasteiger partial charge < -0.3 is 21.1 Å². The van der Waals surface area contributed by atoms with E-state index in [2.05, 4.69) is 5.32 Å². The van der Waals surface area contributed by atoms with Gasteiger partial charge in [0.15, 0.2) is 9.84 Å². The van der Waals surface area contributed by atoms with E-state index in [0.29, 0.717) is 0 Å². The average molecular weight is 293 g/mol. The van der Waals surface area contributed by atoms with Crippen LogP contribution in [-0.4, -0.2) is 67.0 Å². The molecule has 1 rings (SSSR count). The number of rotatable bonds is 5. The normalized spacial score (nSPS) is 20.7. The molecule has 1 saturated heterocycles. The van der Waals surface area contributed by atoms with E-state index in [1.807, 2.05) is 0 Å². The number of carboxylic acids is 1. The maximum absolute atomic E-state index is 11.7. The summed E-state index contributed by atoms with van der Waals surface area (Å²) in [4.78, 5) is 33.8. The topological polar surface area (TPSA) is 147 Å². The third-order valence-electron chi connectivity index (χ3n) is 2.52. The first-order chi connectivity index (χ1) is 8.69. The van der Waals surface area contributed by atoms with Crippen molar-refractivity contribution in [2.24, 2.45) is 5.73 Å². The van der Waals surface area contributed by atoms with Crippen molar-refractivity contribution in [3.05, 3.63) is 0 Å². The van der Waals surface area contributed by atoms with Gasteiger partial charge in [-0.2, -0.15) is 0 Å². The largest absolute Gasteiger partial charge is 0.480 e. The molecular weight excluding hydrogens is 278 g/mol. The Morgan fingerprint density at radius 2 is 1.95 bits per heavy atom. The zero-order chi connectivity index (χ0) is 14.6. The van der Waals surface area contributed by atoms with E-state index in [1.165, 1.54) is 0 Å². The number of sulfone groups is 1. The molecule has 0 spiro atoms. The number of carboxylic acid groups (broad SMARTS) is 1. The Balaban J connectivity index is 2.61. The number of hydrogen-bond acceptors (Lipinski definition) is 5. The third-order valence-corrected chi connectivity index (χ3v) is 4.29. The smallest absolute Gasteiger partial charge is 0.323 e. The molecule has 3 amide bonds. The van der Waals surface area contributed by atoms with E-state index in [0.717, 1.165) is 4.90 Å².